The van der Waals surface area contributed by atoms with Crippen molar-refractivity contribution < 1.29 is 0 Å². The molecule has 0 nitrogen and oxygen atoms in total. The van der Waals surface area contributed by atoms with Gasteiger partial charge in [0.1, 0.15) is 0 Å². The molecular weight excluding hydrogens is 103 g/mol. The lowest BCUT2D eigenvalue weighted by molar-refractivity contribution is 1.52. The van der Waals surface area contributed by atoms with Crippen LogP contribution in [0, 0.1) is 0 Å². The molecule has 0 atom stereocenters. The van der Waals surface area contributed by atoms with Crippen LogP contribution in [0.2, 0.25) is 32.3 Å². The van der Waals surface area contributed by atoms with Crippen molar-refractivity contribution >= 4 is 29.1 Å². The van der Waals surface area contributed by atoms with Crippen LogP contribution in [0.3, 0.4) is 0 Å². The minimum atomic E-state index is 0.167. The Morgan fingerprint density at radius 1 is 0.667 bits per heavy atom. The molecule has 0 N–H and O–H groups in total. The average Bonchev–Trinajstić information content (AvgIpc) is 1.95. The third-order valence-electron chi connectivity index (χ3n) is 2.00. The summed E-state index contributed by atoms with van der Waals surface area (Å²) in [6.45, 7) is 8.33. The molecule has 0 fully saturated rings. The predicted octanol–water partition coefficient (Wildman–Crippen LogP) is 1.03. The van der Waals surface area contributed by atoms with E-state index < -0.39 is 0 Å². The van der Waals surface area contributed by atoms with Gasteiger partial charge in [-0.2, -0.15) is 0 Å². The maximum atomic E-state index is 2.19. The second kappa shape index (κ2) is 4.14. The van der Waals surface area contributed by atoms with E-state index in [1.807, 2.05) is 0 Å². The van der Waals surface area contributed by atoms with Crippen molar-refractivity contribution in [2.75, 3.05) is 0 Å². The van der Waals surface area contributed by atoms with Crippen LogP contribution >= 0.6 is 0 Å². The Morgan fingerprint density at radius 3 is 0.889 bits per heavy atom. The highest BCUT2D eigenvalue weighted by atomic mass is 13.7. The Bertz CT molecular complexity index is 51.8. The number of hydrogen-bond donors (Lipinski definition) is 0. The first-order valence-corrected chi connectivity index (χ1v) is 3.46. The number of rotatable bonds is 4. The molecule has 4 heteroatoms. The summed E-state index contributed by atoms with van der Waals surface area (Å²) < 4.78 is 0. The summed E-state index contributed by atoms with van der Waals surface area (Å²) in [4.78, 5) is 0. The number of hydrogen-bond acceptors (Lipinski definition) is 0. The molecule has 9 heavy (non-hydrogen) atoms. The summed E-state index contributed by atoms with van der Waals surface area (Å²) in [5.41, 5.74) is 0. The van der Waals surface area contributed by atoms with E-state index in [9.17, 15) is 0 Å². The third kappa shape index (κ3) is 2.15. The minimum Gasteiger partial charge on any atom is -0.138 e. The first kappa shape index (κ1) is 9.26. The highest BCUT2D eigenvalue weighted by molar-refractivity contribution is 6.94. The van der Waals surface area contributed by atoms with E-state index in [2.05, 4.69) is 56.4 Å². The first-order chi connectivity index (χ1) is 4.24. The van der Waals surface area contributed by atoms with Crippen molar-refractivity contribution in [2.24, 2.45) is 0 Å². The van der Waals surface area contributed by atoms with Crippen LogP contribution in [0.15, 0.2) is 0 Å². The summed E-state index contributed by atoms with van der Waals surface area (Å²) >= 11 is 0. The van der Waals surface area contributed by atoms with Crippen LogP contribution in [0.5, 0.6) is 0 Å². The van der Waals surface area contributed by atoms with Crippen molar-refractivity contribution in [3.05, 3.63) is 0 Å². The van der Waals surface area contributed by atoms with Crippen LogP contribution in [-0.4, -0.2) is 29.1 Å². The van der Waals surface area contributed by atoms with Crippen LogP contribution in [0.1, 0.15) is 0 Å². The van der Waals surface area contributed by atoms with Crippen molar-refractivity contribution in [2.45, 2.75) is 32.3 Å². The fourth-order valence-corrected chi connectivity index (χ4v) is 1.00. The third-order valence-corrected chi connectivity index (χ3v) is 2.00. The summed E-state index contributed by atoms with van der Waals surface area (Å²) in [7, 11) is 8.75. The molecule has 0 aromatic carbocycles. The maximum Gasteiger partial charge on any atom is 0.0866 e. The zero-order valence-corrected chi connectivity index (χ0v) is 6.81. The zero-order valence-electron chi connectivity index (χ0n) is 6.81. The second-order valence-electron chi connectivity index (χ2n) is 2.15. The van der Waals surface area contributed by atoms with Crippen molar-refractivity contribution in [3.63, 3.8) is 0 Å². The van der Waals surface area contributed by atoms with Crippen molar-refractivity contribution in [1.29, 1.82) is 0 Å². The molecule has 0 aromatic rings. The Balaban J connectivity index is 3.82. The quantitative estimate of drug-likeness (QED) is 0.480. The van der Waals surface area contributed by atoms with Gasteiger partial charge in [-0.3, -0.25) is 0 Å². The summed E-state index contributed by atoms with van der Waals surface area (Å²) in [6.07, 6.45) is 0. The van der Waals surface area contributed by atoms with Crippen molar-refractivity contribution in [3.8, 4) is 0 Å². The molecule has 0 aliphatic rings. The predicted molar refractivity (Wildman–Crippen MR) is 49.2 cm³/mol. The van der Waals surface area contributed by atoms with E-state index in [1.165, 1.54) is 0 Å². The van der Waals surface area contributed by atoms with Gasteiger partial charge in [0.15, 0.2) is 0 Å². The fraction of sp³-hybridized carbons (Fsp3) is 1.00. The molecule has 0 aromatic heterocycles. The van der Waals surface area contributed by atoms with Crippen LogP contribution in [0.25, 0.3) is 0 Å². The van der Waals surface area contributed by atoms with Gasteiger partial charge in [0, 0.05) is 0 Å². The van der Waals surface area contributed by atoms with Gasteiger partial charge >= 0.3 is 0 Å². The van der Waals surface area contributed by atoms with Gasteiger partial charge in [0.2, 0.25) is 0 Å². The minimum absolute atomic E-state index is 0.167. The molecule has 0 rings (SSSR count). The van der Waals surface area contributed by atoms with Gasteiger partial charge in [-0.25, -0.2) is 0 Å². The fourth-order valence-electron chi connectivity index (χ4n) is 1.00. The molecule has 0 heterocycles. The zero-order chi connectivity index (χ0) is 7.33. The molecule has 0 unspecified atom stereocenters. The Labute approximate surface area is 62.1 Å². The lowest BCUT2D eigenvalue weighted by Crippen LogP contribution is -2.34. The van der Waals surface area contributed by atoms with Gasteiger partial charge in [-0.05, 0) is 0 Å². The molecular formula is C5H12B4. The first-order valence-electron chi connectivity index (χ1n) is 3.46. The average molecular weight is 115 g/mol. The van der Waals surface area contributed by atoms with E-state index in [0.29, 0.717) is 0 Å². The van der Waals surface area contributed by atoms with Crippen LogP contribution < -0.4 is 0 Å². The van der Waals surface area contributed by atoms with E-state index in [1.54, 1.807) is 0 Å². The van der Waals surface area contributed by atoms with E-state index in [4.69, 9.17) is 0 Å². The van der Waals surface area contributed by atoms with E-state index in [0.717, 1.165) is 0 Å². The standard InChI is InChI=1S/C5H12B4/c1-6-5(7-2,8-3)9-4/h1-4H3. The molecule has 0 aliphatic heterocycles. The van der Waals surface area contributed by atoms with E-state index in [-0.39, 0.29) is 5.01 Å². The summed E-state index contributed by atoms with van der Waals surface area (Å²) in [5, 5.41) is 0.167. The molecule has 0 aliphatic carbocycles. The van der Waals surface area contributed by atoms with Gasteiger partial charge in [0.05, 0.1) is 29.1 Å². The Kier molecular flexibility index (Phi) is 4.25. The molecule has 0 bridgehead atoms. The normalized spacial score (nSPS) is 10.2. The summed E-state index contributed by atoms with van der Waals surface area (Å²) in [6, 6.07) is 0. The van der Waals surface area contributed by atoms with Gasteiger partial charge in [-0.15, -0.1) is 5.01 Å². The molecule has 0 saturated heterocycles. The van der Waals surface area contributed by atoms with Crippen LogP contribution in [0.4, 0.5) is 0 Å². The smallest absolute Gasteiger partial charge is 0.0866 e. The molecule has 44 valence electrons. The lowest BCUT2D eigenvalue weighted by Gasteiger charge is -2.26. The highest BCUT2D eigenvalue weighted by Crippen LogP contribution is 2.18. The molecule has 0 saturated carbocycles. The highest BCUT2D eigenvalue weighted by Gasteiger charge is 2.22. The van der Waals surface area contributed by atoms with Gasteiger partial charge in [-0.1, -0.05) is 27.3 Å². The van der Waals surface area contributed by atoms with Crippen molar-refractivity contribution in [1.82, 2.24) is 0 Å². The topological polar surface area (TPSA) is 0 Å². The monoisotopic (exact) mass is 116 g/mol. The Morgan fingerprint density at radius 2 is 0.889 bits per heavy atom. The summed E-state index contributed by atoms with van der Waals surface area (Å²) in [5.74, 6) is 0. The van der Waals surface area contributed by atoms with Crippen LogP contribution in [-0.2, 0) is 0 Å². The molecule has 0 amide bonds. The Hall–Kier alpha value is 0.260. The lowest BCUT2D eigenvalue weighted by atomic mass is 9.10. The van der Waals surface area contributed by atoms with Gasteiger partial charge in [0.25, 0.3) is 0 Å². The van der Waals surface area contributed by atoms with E-state index >= 15 is 0 Å². The SMILES string of the molecule is C[B]C([B]C)([B]C)[B]C. The second-order valence-corrected chi connectivity index (χ2v) is 2.15. The molecule has 0 spiro atoms. The maximum absolute atomic E-state index is 2.19. The molecule has 4 radical (unpaired) electrons. The largest absolute Gasteiger partial charge is 0.138 e. The van der Waals surface area contributed by atoms with Gasteiger partial charge < -0.3 is 0 Å².